The fourth-order valence-corrected chi connectivity index (χ4v) is 2.12. The van der Waals surface area contributed by atoms with Gasteiger partial charge in [-0.25, -0.2) is 4.98 Å². The monoisotopic (exact) mass is 209 g/mol. The standard InChI is InChI=1S/C10H15N3O2/c1-6-12-9(8(11)10(14)15)7-4-2-3-5-13(6)7/h8H,2-5,11H2,1H3,(H,14,15). The van der Waals surface area contributed by atoms with Gasteiger partial charge in [0, 0.05) is 12.2 Å². The molecule has 0 saturated heterocycles. The fraction of sp³-hybridized carbons (Fsp3) is 0.600. The highest BCUT2D eigenvalue weighted by Crippen LogP contribution is 2.24. The van der Waals surface area contributed by atoms with Crippen molar-refractivity contribution < 1.29 is 9.90 Å². The summed E-state index contributed by atoms with van der Waals surface area (Å²) < 4.78 is 2.08. The summed E-state index contributed by atoms with van der Waals surface area (Å²) in [5, 5.41) is 8.87. The van der Waals surface area contributed by atoms with Crippen LogP contribution in [0.4, 0.5) is 0 Å². The maximum absolute atomic E-state index is 10.8. The van der Waals surface area contributed by atoms with E-state index < -0.39 is 12.0 Å². The summed E-state index contributed by atoms with van der Waals surface area (Å²) in [6.07, 6.45) is 3.10. The van der Waals surface area contributed by atoms with Crippen LogP contribution in [0, 0.1) is 6.92 Å². The van der Waals surface area contributed by atoms with E-state index in [2.05, 4.69) is 9.55 Å². The van der Waals surface area contributed by atoms with Crippen molar-refractivity contribution in [2.45, 2.75) is 38.8 Å². The van der Waals surface area contributed by atoms with Gasteiger partial charge in [0.1, 0.15) is 11.9 Å². The van der Waals surface area contributed by atoms with Gasteiger partial charge >= 0.3 is 5.97 Å². The number of nitrogens with zero attached hydrogens (tertiary/aromatic N) is 2. The lowest BCUT2D eigenvalue weighted by Gasteiger charge is -2.17. The molecule has 1 aromatic rings. The van der Waals surface area contributed by atoms with E-state index in [0.29, 0.717) is 5.69 Å². The first-order valence-corrected chi connectivity index (χ1v) is 5.15. The lowest BCUT2D eigenvalue weighted by molar-refractivity contribution is -0.138. The van der Waals surface area contributed by atoms with Crippen molar-refractivity contribution in [3.05, 3.63) is 17.2 Å². The molecule has 1 unspecified atom stereocenters. The smallest absolute Gasteiger partial charge is 0.326 e. The number of aromatic nitrogens is 2. The molecule has 2 heterocycles. The minimum atomic E-state index is -1.01. The first-order valence-electron chi connectivity index (χ1n) is 5.15. The summed E-state index contributed by atoms with van der Waals surface area (Å²) in [4.78, 5) is 15.1. The molecule has 1 atom stereocenters. The number of hydrogen-bond donors (Lipinski definition) is 2. The third-order valence-corrected chi connectivity index (χ3v) is 2.90. The highest BCUT2D eigenvalue weighted by molar-refractivity contribution is 5.75. The van der Waals surface area contributed by atoms with Crippen LogP contribution in [0.5, 0.6) is 0 Å². The normalized spacial score (nSPS) is 17.2. The molecule has 1 aromatic heterocycles. The topological polar surface area (TPSA) is 81.1 Å². The van der Waals surface area contributed by atoms with Crippen LogP contribution in [-0.2, 0) is 17.8 Å². The Morgan fingerprint density at radius 1 is 1.60 bits per heavy atom. The van der Waals surface area contributed by atoms with Crippen molar-refractivity contribution in [2.24, 2.45) is 5.73 Å². The second-order valence-electron chi connectivity index (χ2n) is 3.92. The van der Waals surface area contributed by atoms with Crippen molar-refractivity contribution in [1.29, 1.82) is 0 Å². The predicted octanol–water partition coefficient (Wildman–Crippen LogP) is 0.612. The Labute approximate surface area is 87.9 Å². The number of rotatable bonds is 2. The molecule has 0 radical (unpaired) electrons. The molecule has 0 aromatic carbocycles. The van der Waals surface area contributed by atoms with Gasteiger partial charge in [-0.1, -0.05) is 0 Å². The highest BCUT2D eigenvalue weighted by Gasteiger charge is 2.25. The summed E-state index contributed by atoms with van der Waals surface area (Å²) in [6, 6.07) is -0.988. The molecule has 0 saturated carbocycles. The van der Waals surface area contributed by atoms with Crippen molar-refractivity contribution in [2.75, 3.05) is 0 Å². The Bertz CT molecular complexity index is 398. The molecule has 0 fully saturated rings. The third kappa shape index (κ3) is 1.63. The molecule has 3 N–H and O–H groups in total. The lowest BCUT2D eigenvalue weighted by atomic mass is 10.1. The van der Waals surface area contributed by atoms with E-state index in [-0.39, 0.29) is 0 Å². The van der Waals surface area contributed by atoms with Gasteiger partial charge in [-0.3, -0.25) is 4.79 Å². The van der Waals surface area contributed by atoms with Crippen LogP contribution < -0.4 is 5.73 Å². The largest absolute Gasteiger partial charge is 0.480 e. The zero-order chi connectivity index (χ0) is 11.0. The number of aliphatic carboxylic acids is 1. The number of nitrogens with two attached hydrogens (primary N) is 1. The third-order valence-electron chi connectivity index (χ3n) is 2.90. The Balaban J connectivity index is 2.44. The summed E-state index contributed by atoms with van der Waals surface area (Å²) >= 11 is 0. The molecular weight excluding hydrogens is 194 g/mol. The average molecular weight is 209 g/mol. The van der Waals surface area contributed by atoms with E-state index >= 15 is 0 Å². The highest BCUT2D eigenvalue weighted by atomic mass is 16.4. The van der Waals surface area contributed by atoms with E-state index in [0.717, 1.165) is 37.3 Å². The molecule has 5 heteroatoms. The van der Waals surface area contributed by atoms with Crippen LogP contribution in [-0.4, -0.2) is 20.6 Å². The number of aryl methyl sites for hydroxylation is 1. The number of carboxylic acid groups (broad SMARTS) is 1. The predicted molar refractivity (Wildman–Crippen MR) is 54.5 cm³/mol. The number of carbonyl (C=O) groups is 1. The maximum atomic E-state index is 10.8. The van der Waals surface area contributed by atoms with Gasteiger partial charge in [0.15, 0.2) is 0 Å². The molecule has 82 valence electrons. The van der Waals surface area contributed by atoms with Gasteiger partial charge in [0.2, 0.25) is 0 Å². The second-order valence-corrected chi connectivity index (χ2v) is 3.92. The van der Waals surface area contributed by atoms with Gasteiger partial charge in [-0.05, 0) is 26.2 Å². The number of carboxylic acids is 1. The van der Waals surface area contributed by atoms with E-state index in [1.807, 2.05) is 6.92 Å². The fourth-order valence-electron chi connectivity index (χ4n) is 2.12. The molecule has 2 rings (SSSR count). The van der Waals surface area contributed by atoms with E-state index in [4.69, 9.17) is 10.8 Å². The Morgan fingerprint density at radius 2 is 2.33 bits per heavy atom. The van der Waals surface area contributed by atoms with E-state index in [1.165, 1.54) is 0 Å². The molecule has 5 nitrogen and oxygen atoms in total. The van der Waals surface area contributed by atoms with Gasteiger partial charge in [0.05, 0.1) is 5.69 Å². The summed E-state index contributed by atoms with van der Waals surface area (Å²) in [7, 11) is 0. The van der Waals surface area contributed by atoms with Crippen LogP contribution in [0.15, 0.2) is 0 Å². The van der Waals surface area contributed by atoms with Gasteiger partial charge in [-0.15, -0.1) is 0 Å². The molecule has 0 amide bonds. The first kappa shape index (κ1) is 10.2. The van der Waals surface area contributed by atoms with Crippen LogP contribution in [0.2, 0.25) is 0 Å². The van der Waals surface area contributed by atoms with Crippen LogP contribution in [0.25, 0.3) is 0 Å². The van der Waals surface area contributed by atoms with Crippen molar-refractivity contribution in [3.63, 3.8) is 0 Å². The number of imidazole rings is 1. The van der Waals surface area contributed by atoms with Gasteiger partial charge in [0.25, 0.3) is 0 Å². The minimum Gasteiger partial charge on any atom is -0.480 e. The second kappa shape index (κ2) is 3.66. The Kier molecular flexibility index (Phi) is 2.48. The zero-order valence-electron chi connectivity index (χ0n) is 8.73. The lowest BCUT2D eigenvalue weighted by Crippen LogP contribution is -2.23. The molecule has 1 aliphatic rings. The quantitative estimate of drug-likeness (QED) is 0.747. The first-order chi connectivity index (χ1) is 7.11. The minimum absolute atomic E-state index is 0.541. The van der Waals surface area contributed by atoms with E-state index in [1.54, 1.807) is 0 Å². The molecular formula is C10H15N3O2. The van der Waals surface area contributed by atoms with Crippen LogP contribution >= 0.6 is 0 Å². The van der Waals surface area contributed by atoms with Crippen molar-refractivity contribution in [1.82, 2.24) is 9.55 Å². The summed E-state index contributed by atoms with van der Waals surface area (Å²) in [5.41, 5.74) is 7.15. The van der Waals surface area contributed by atoms with E-state index in [9.17, 15) is 4.79 Å². The maximum Gasteiger partial charge on any atom is 0.326 e. The summed E-state index contributed by atoms with van der Waals surface area (Å²) in [6.45, 7) is 2.83. The number of hydrogen-bond acceptors (Lipinski definition) is 3. The molecule has 0 spiro atoms. The number of fused-ring (bicyclic) bond motifs is 1. The SMILES string of the molecule is Cc1nc(C(N)C(=O)O)c2n1CCCC2. The molecule has 1 aliphatic heterocycles. The Hall–Kier alpha value is -1.36. The molecule has 0 aliphatic carbocycles. The molecule has 0 bridgehead atoms. The molecule has 15 heavy (non-hydrogen) atoms. The van der Waals surface area contributed by atoms with Crippen LogP contribution in [0.3, 0.4) is 0 Å². The summed E-state index contributed by atoms with van der Waals surface area (Å²) in [5.74, 6) is -0.141. The van der Waals surface area contributed by atoms with Gasteiger partial charge in [-0.2, -0.15) is 0 Å². The van der Waals surface area contributed by atoms with Crippen LogP contribution in [0.1, 0.15) is 36.1 Å². The Morgan fingerprint density at radius 3 is 3.00 bits per heavy atom. The van der Waals surface area contributed by atoms with Crippen molar-refractivity contribution in [3.8, 4) is 0 Å². The zero-order valence-corrected chi connectivity index (χ0v) is 8.73. The average Bonchev–Trinajstić information content (AvgIpc) is 2.56. The van der Waals surface area contributed by atoms with Crippen molar-refractivity contribution >= 4 is 5.97 Å². The van der Waals surface area contributed by atoms with Gasteiger partial charge < -0.3 is 15.4 Å².